The van der Waals surface area contributed by atoms with Crippen LogP contribution in [0.4, 0.5) is 0 Å². The van der Waals surface area contributed by atoms with E-state index in [4.69, 9.17) is 4.99 Å². The van der Waals surface area contributed by atoms with Crippen LogP contribution in [-0.4, -0.2) is 72.8 Å². The van der Waals surface area contributed by atoms with Gasteiger partial charge >= 0.3 is 0 Å². The molecule has 0 aromatic heterocycles. The number of aliphatic hydroxyl groups is 1. The Morgan fingerprint density at radius 3 is 2.67 bits per heavy atom. The Bertz CT molecular complexity index is 569. The molecule has 0 spiro atoms. The number of guanidine groups is 1. The third-order valence-corrected chi connectivity index (χ3v) is 5.74. The van der Waals surface area contributed by atoms with Crippen molar-refractivity contribution < 1.29 is 5.11 Å². The summed E-state index contributed by atoms with van der Waals surface area (Å²) in [5, 5.41) is 13.1. The first kappa shape index (κ1) is 20.2. The average molecular weight is 373 g/mol. The normalized spacial score (nSPS) is 22.4. The second-order valence-electron chi connectivity index (χ2n) is 7.95. The number of nitrogens with one attached hydrogen (secondary N) is 1. The second-order valence-corrected chi connectivity index (χ2v) is 7.95. The van der Waals surface area contributed by atoms with Crippen LogP contribution in [0.2, 0.25) is 0 Å². The van der Waals surface area contributed by atoms with E-state index in [2.05, 4.69) is 52.4 Å². The molecule has 5 nitrogen and oxygen atoms in total. The molecule has 0 aliphatic carbocycles. The maximum absolute atomic E-state index is 9.60. The molecule has 27 heavy (non-hydrogen) atoms. The van der Waals surface area contributed by atoms with Gasteiger partial charge in [-0.2, -0.15) is 0 Å². The lowest BCUT2D eigenvalue weighted by molar-refractivity contribution is 0.0824. The van der Waals surface area contributed by atoms with Gasteiger partial charge in [-0.15, -0.1) is 0 Å². The smallest absolute Gasteiger partial charge is 0.193 e. The number of hydrogen-bond donors (Lipinski definition) is 2. The summed E-state index contributed by atoms with van der Waals surface area (Å²) in [6.45, 7) is 9.29. The number of benzene rings is 1. The summed E-state index contributed by atoms with van der Waals surface area (Å²) in [5.74, 6) is 1.80. The average Bonchev–Trinajstić information content (AvgIpc) is 3.15. The van der Waals surface area contributed by atoms with Gasteiger partial charge in [0.05, 0.1) is 6.10 Å². The lowest BCUT2D eigenvalue weighted by Crippen LogP contribution is -2.40. The summed E-state index contributed by atoms with van der Waals surface area (Å²) < 4.78 is 0. The molecule has 2 fully saturated rings. The van der Waals surface area contributed by atoms with Crippen LogP contribution < -0.4 is 5.32 Å². The molecule has 1 atom stereocenters. The molecule has 5 heteroatoms. The molecule has 2 heterocycles. The first-order valence-corrected chi connectivity index (χ1v) is 10.7. The largest absolute Gasteiger partial charge is 0.393 e. The number of hydrogen-bond acceptors (Lipinski definition) is 3. The van der Waals surface area contributed by atoms with E-state index in [0.29, 0.717) is 0 Å². The zero-order valence-electron chi connectivity index (χ0n) is 16.8. The van der Waals surface area contributed by atoms with Crippen molar-refractivity contribution in [3.63, 3.8) is 0 Å². The van der Waals surface area contributed by atoms with Crippen molar-refractivity contribution in [2.24, 2.45) is 10.9 Å². The molecule has 2 saturated heterocycles. The van der Waals surface area contributed by atoms with Crippen LogP contribution in [0, 0.1) is 5.92 Å². The van der Waals surface area contributed by atoms with Gasteiger partial charge < -0.3 is 20.2 Å². The molecule has 2 N–H and O–H groups in total. The van der Waals surface area contributed by atoms with E-state index >= 15 is 0 Å². The summed E-state index contributed by atoms with van der Waals surface area (Å²) >= 11 is 0. The fourth-order valence-electron chi connectivity index (χ4n) is 4.19. The van der Waals surface area contributed by atoms with Crippen molar-refractivity contribution >= 4 is 5.96 Å². The van der Waals surface area contributed by atoms with Crippen molar-refractivity contribution in [3.05, 3.63) is 35.9 Å². The molecular weight excluding hydrogens is 336 g/mol. The van der Waals surface area contributed by atoms with Gasteiger partial charge in [-0.1, -0.05) is 30.3 Å². The fraction of sp³-hybridized carbons (Fsp3) is 0.682. The number of rotatable bonds is 7. The van der Waals surface area contributed by atoms with E-state index in [1.165, 1.54) is 12.0 Å². The van der Waals surface area contributed by atoms with Crippen LogP contribution in [0.5, 0.6) is 0 Å². The predicted octanol–water partition coefficient (Wildman–Crippen LogP) is 2.36. The number of aliphatic hydroxyl groups excluding tert-OH is 1. The summed E-state index contributed by atoms with van der Waals surface area (Å²) in [6, 6.07) is 10.8. The number of piperidine rings is 1. The highest BCUT2D eigenvalue weighted by molar-refractivity contribution is 5.80. The van der Waals surface area contributed by atoms with Crippen LogP contribution in [0.15, 0.2) is 35.3 Å². The summed E-state index contributed by atoms with van der Waals surface area (Å²) in [7, 11) is 0. The molecule has 0 bridgehead atoms. The highest BCUT2D eigenvalue weighted by atomic mass is 16.3. The first-order chi connectivity index (χ1) is 13.2. The van der Waals surface area contributed by atoms with Gasteiger partial charge in [0.1, 0.15) is 0 Å². The van der Waals surface area contributed by atoms with Crippen molar-refractivity contribution in [1.29, 1.82) is 0 Å². The molecule has 0 amide bonds. The van der Waals surface area contributed by atoms with Gasteiger partial charge in [0.2, 0.25) is 0 Å². The minimum Gasteiger partial charge on any atom is -0.393 e. The molecule has 0 saturated carbocycles. The van der Waals surface area contributed by atoms with Gasteiger partial charge in [0, 0.05) is 39.3 Å². The number of aliphatic imine (C=N–C) groups is 1. The Hall–Kier alpha value is -1.59. The number of likely N-dealkylation sites (tertiary alicyclic amines) is 2. The third kappa shape index (κ3) is 6.51. The monoisotopic (exact) mass is 372 g/mol. The Morgan fingerprint density at radius 1 is 1.15 bits per heavy atom. The second kappa shape index (κ2) is 10.7. The third-order valence-electron chi connectivity index (χ3n) is 5.74. The fourth-order valence-corrected chi connectivity index (χ4v) is 4.19. The summed E-state index contributed by atoms with van der Waals surface area (Å²) in [5.41, 5.74) is 1.44. The van der Waals surface area contributed by atoms with Gasteiger partial charge in [0.15, 0.2) is 5.96 Å². The SMILES string of the molecule is CCNC(=NCCCN1CCC(O)CC1)N1CCC(Cc2ccccc2)C1. The van der Waals surface area contributed by atoms with E-state index in [1.54, 1.807) is 0 Å². The van der Waals surface area contributed by atoms with Gasteiger partial charge in [-0.3, -0.25) is 4.99 Å². The van der Waals surface area contributed by atoms with Gasteiger partial charge in [0.25, 0.3) is 0 Å². The summed E-state index contributed by atoms with van der Waals surface area (Å²) in [4.78, 5) is 9.79. The summed E-state index contributed by atoms with van der Waals surface area (Å²) in [6.07, 6.45) is 5.25. The Kier molecular flexibility index (Phi) is 7.96. The van der Waals surface area contributed by atoms with Crippen LogP contribution in [0.25, 0.3) is 0 Å². The molecule has 0 radical (unpaired) electrons. The van der Waals surface area contributed by atoms with Crippen LogP contribution in [-0.2, 0) is 6.42 Å². The van der Waals surface area contributed by atoms with E-state index in [9.17, 15) is 5.11 Å². The van der Waals surface area contributed by atoms with Crippen LogP contribution in [0.1, 0.15) is 38.2 Å². The molecule has 1 aromatic rings. The highest BCUT2D eigenvalue weighted by Crippen LogP contribution is 2.21. The molecule has 1 aromatic carbocycles. The zero-order valence-corrected chi connectivity index (χ0v) is 16.8. The van der Waals surface area contributed by atoms with Crippen molar-refractivity contribution in [1.82, 2.24) is 15.1 Å². The van der Waals surface area contributed by atoms with Gasteiger partial charge in [-0.05, 0) is 57.1 Å². The van der Waals surface area contributed by atoms with Crippen molar-refractivity contribution in [2.45, 2.75) is 45.1 Å². The van der Waals surface area contributed by atoms with E-state index in [-0.39, 0.29) is 6.10 Å². The lowest BCUT2D eigenvalue weighted by atomic mass is 9.99. The molecule has 2 aliphatic rings. The lowest BCUT2D eigenvalue weighted by Gasteiger charge is -2.29. The Morgan fingerprint density at radius 2 is 1.93 bits per heavy atom. The molecular formula is C22H36N4O. The maximum atomic E-state index is 9.60. The van der Waals surface area contributed by atoms with E-state index in [1.807, 2.05) is 0 Å². The van der Waals surface area contributed by atoms with Crippen LogP contribution >= 0.6 is 0 Å². The topological polar surface area (TPSA) is 51.1 Å². The molecule has 1 unspecified atom stereocenters. The Balaban J connectivity index is 1.43. The van der Waals surface area contributed by atoms with Crippen molar-refractivity contribution in [3.8, 4) is 0 Å². The van der Waals surface area contributed by atoms with Crippen LogP contribution in [0.3, 0.4) is 0 Å². The zero-order chi connectivity index (χ0) is 18.9. The quantitative estimate of drug-likeness (QED) is 0.438. The minimum absolute atomic E-state index is 0.0846. The molecule has 2 aliphatic heterocycles. The molecule has 3 rings (SSSR count). The van der Waals surface area contributed by atoms with E-state index < -0.39 is 0 Å². The molecule has 150 valence electrons. The Labute approximate surface area is 164 Å². The number of nitrogens with zero attached hydrogens (tertiary/aromatic N) is 3. The maximum Gasteiger partial charge on any atom is 0.193 e. The van der Waals surface area contributed by atoms with Crippen molar-refractivity contribution in [2.75, 3.05) is 45.8 Å². The minimum atomic E-state index is -0.0846. The standard InChI is InChI=1S/C22H36N4O/c1-2-23-22(24-12-6-13-25-14-10-21(27)11-15-25)26-16-9-20(18-26)17-19-7-4-3-5-8-19/h3-5,7-8,20-21,27H,2,6,9-18H2,1H3,(H,23,24). The van der Waals surface area contributed by atoms with E-state index in [0.717, 1.165) is 83.4 Å². The highest BCUT2D eigenvalue weighted by Gasteiger charge is 2.25. The van der Waals surface area contributed by atoms with Gasteiger partial charge in [-0.25, -0.2) is 0 Å². The first-order valence-electron chi connectivity index (χ1n) is 10.7. The predicted molar refractivity (Wildman–Crippen MR) is 112 cm³/mol.